The monoisotopic (exact) mass is 324 g/mol. The van der Waals surface area contributed by atoms with Gasteiger partial charge in [-0.2, -0.15) is 0 Å². The lowest BCUT2D eigenvalue weighted by molar-refractivity contribution is -0.116. The number of anilines is 1. The molecule has 0 N–H and O–H groups in total. The van der Waals surface area contributed by atoms with Crippen LogP contribution in [-0.4, -0.2) is 53.3 Å². The van der Waals surface area contributed by atoms with E-state index in [0.717, 1.165) is 58.0 Å². The number of morpholine rings is 1. The topological polar surface area (TPSA) is 41.5 Å². The molecule has 2 aromatic rings. The molecule has 0 aliphatic carbocycles. The molecule has 0 saturated carbocycles. The third-order valence-electron chi connectivity index (χ3n) is 5.00. The highest BCUT2D eigenvalue weighted by atomic mass is 16.5. The van der Waals surface area contributed by atoms with Crippen LogP contribution in [0.3, 0.4) is 0 Å². The molecule has 126 valence electrons. The van der Waals surface area contributed by atoms with Crippen LogP contribution in [0.5, 0.6) is 0 Å². The minimum Gasteiger partial charge on any atom is -0.370 e. The van der Waals surface area contributed by atoms with Crippen LogP contribution < -0.4 is 4.90 Å². The standard InChI is InChI=1S/C19H24N4O/c1-2-8-21-18(4-1)23-11-3-7-19(16-23)15-22(12-13-24-19)14-17-5-9-20-10-6-17/h1-2,4-6,8-10H,3,7,11-16H2/t19-/m0/s1. The van der Waals surface area contributed by atoms with Crippen molar-refractivity contribution in [2.24, 2.45) is 0 Å². The maximum Gasteiger partial charge on any atom is 0.128 e. The summed E-state index contributed by atoms with van der Waals surface area (Å²) in [6.45, 7) is 5.74. The van der Waals surface area contributed by atoms with Crippen LogP contribution in [0.4, 0.5) is 5.82 Å². The zero-order chi connectivity index (χ0) is 16.2. The van der Waals surface area contributed by atoms with Crippen LogP contribution in [0.1, 0.15) is 18.4 Å². The fraction of sp³-hybridized carbons (Fsp3) is 0.474. The number of piperidine rings is 1. The van der Waals surface area contributed by atoms with Gasteiger partial charge in [-0.1, -0.05) is 6.07 Å². The molecule has 1 atom stereocenters. The predicted octanol–water partition coefficient (Wildman–Crippen LogP) is 2.35. The summed E-state index contributed by atoms with van der Waals surface area (Å²) >= 11 is 0. The molecular formula is C19H24N4O. The summed E-state index contributed by atoms with van der Waals surface area (Å²) in [7, 11) is 0. The Bertz CT molecular complexity index is 647. The molecule has 0 aromatic carbocycles. The largest absolute Gasteiger partial charge is 0.370 e. The van der Waals surface area contributed by atoms with E-state index in [2.05, 4.69) is 44.0 Å². The van der Waals surface area contributed by atoms with Crippen molar-refractivity contribution in [3.8, 4) is 0 Å². The molecule has 0 bridgehead atoms. The van der Waals surface area contributed by atoms with E-state index in [1.165, 1.54) is 5.56 Å². The van der Waals surface area contributed by atoms with Gasteiger partial charge in [0.25, 0.3) is 0 Å². The minimum absolute atomic E-state index is 0.0684. The second kappa shape index (κ2) is 6.87. The molecule has 0 radical (unpaired) electrons. The highest BCUT2D eigenvalue weighted by Gasteiger charge is 2.40. The van der Waals surface area contributed by atoms with Gasteiger partial charge in [-0.05, 0) is 42.7 Å². The molecule has 4 heterocycles. The van der Waals surface area contributed by atoms with Gasteiger partial charge in [-0.15, -0.1) is 0 Å². The number of pyridine rings is 2. The summed E-state index contributed by atoms with van der Waals surface area (Å²) in [5.41, 5.74) is 1.25. The van der Waals surface area contributed by atoms with Crippen molar-refractivity contribution < 1.29 is 4.74 Å². The lowest BCUT2D eigenvalue weighted by Gasteiger charge is -2.48. The van der Waals surface area contributed by atoms with Crippen LogP contribution >= 0.6 is 0 Å². The van der Waals surface area contributed by atoms with Gasteiger partial charge >= 0.3 is 0 Å². The molecule has 5 nitrogen and oxygen atoms in total. The Morgan fingerprint density at radius 2 is 1.96 bits per heavy atom. The first-order valence-electron chi connectivity index (χ1n) is 8.74. The van der Waals surface area contributed by atoms with Gasteiger partial charge in [-0.3, -0.25) is 9.88 Å². The van der Waals surface area contributed by atoms with E-state index in [9.17, 15) is 0 Å². The number of hydrogen-bond acceptors (Lipinski definition) is 5. The third-order valence-corrected chi connectivity index (χ3v) is 5.00. The number of aromatic nitrogens is 2. The fourth-order valence-corrected chi connectivity index (χ4v) is 3.89. The van der Waals surface area contributed by atoms with E-state index in [1.807, 2.05) is 24.7 Å². The average Bonchev–Trinajstić information content (AvgIpc) is 2.63. The van der Waals surface area contributed by atoms with Crippen LogP contribution in [0, 0.1) is 0 Å². The fourth-order valence-electron chi connectivity index (χ4n) is 3.89. The third kappa shape index (κ3) is 3.42. The molecule has 2 aliphatic heterocycles. The zero-order valence-corrected chi connectivity index (χ0v) is 14.0. The molecule has 0 amide bonds. The van der Waals surface area contributed by atoms with Gasteiger partial charge in [0, 0.05) is 51.3 Å². The van der Waals surface area contributed by atoms with Gasteiger partial charge in [0.2, 0.25) is 0 Å². The summed E-state index contributed by atoms with van der Waals surface area (Å²) < 4.78 is 6.30. The van der Waals surface area contributed by atoms with E-state index < -0.39 is 0 Å². The SMILES string of the molecule is c1ccc(N2CCC[C@]3(CN(Cc4ccncc4)CCO3)C2)nc1. The molecule has 4 rings (SSSR count). The molecule has 5 heteroatoms. The van der Waals surface area contributed by atoms with E-state index in [4.69, 9.17) is 4.74 Å². The quantitative estimate of drug-likeness (QED) is 0.867. The van der Waals surface area contributed by atoms with E-state index in [1.54, 1.807) is 0 Å². The van der Waals surface area contributed by atoms with Crippen molar-refractivity contribution in [1.82, 2.24) is 14.9 Å². The first-order chi connectivity index (χ1) is 11.8. The maximum atomic E-state index is 6.30. The predicted molar refractivity (Wildman–Crippen MR) is 93.9 cm³/mol. The van der Waals surface area contributed by atoms with E-state index in [-0.39, 0.29) is 5.60 Å². The Kier molecular flexibility index (Phi) is 4.45. The van der Waals surface area contributed by atoms with Crippen molar-refractivity contribution in [2.45, 2.75) is 25.0 Å². The highest BCUT2D eigenvalue weighted by molar-refractivity contribution is 5.39. The van der Waals surface area contributed by atoms with Crippen molar-refractivity contribution in [3.05, 3.63) is 54.5 Å². The van der Waals surface area contributed by atoms with Gasteiger partial charge in [0.1, 0.15) is 5.82 Å². The molecular weight excluding hydrogens is 300 g/mol. The maximum absolute atomic E-state index is 6.30. The molecule has 1 spiro atoms. The first kappa shape index (κ1) is 15.5. The number of hydrogen-bond donors (Lipinski definition) is 0. The molecule has 2 saturated heterocycles. The summed E-state index contributed by atoms with van der Waals surface area (Å²) in [5, 5.41) is 0. The normalized spacial score (nSPS) is 25.1. The van der Waals surface area contributed by atoms with Gasteiger partial charge in [0.05, 0.1) is 12.2 Å². The van der Waals surface area contributed by atoms with Crippen LogP contribution in [0.15, 0.2) is 48.9 Å². The Morgan fingerprint density at radius 1 is 1.04 bits per heavy atom. The highest BCUT2D eigenvalue weighted by Crippen LogP contribution is 2.31. The number of nitrogens with zero attached hydrogens (tertiary/aromatic N) is 4. The summed E-state index contributed by atoms with van der Waals surface area (Å²) in [4.78, 5) is 13.5. The van der Waals surface area contributed by atoms with Crippen molar-refractivity contribution >= 4 is 5.82 Å². The molecule has 2 aliphatic rings. The van der Waals surface area contributed by atoms with Crippen molar-refractivity contribution in [1.29, 1.82) is 0 Å². The minimum atomic E-state index is -0.0684. The Balaban J connectivity index is 1.45. The molecule has 2 aromatic heterocycles. The van der Waals surface area contributed by atoms with E-state index in [0.29, 0.717) is 0 Å². The van der Waals surface area contributed by atoms with Crippen molar-refractivity contribution in [3.63, 3.8) is 0 Å². The van der Waals surface area contributed by atoms with Crippen LogP contribution in [0.25, 0.3) is 0 Å². The number of ether oxygens (including phenoxy) is 1. The zero-order valence-electron chi connectivity index (χ0n) is 14.0. The molecule has 2 fully saturated rings. The Labute approximate surface area is 143 Å². The van der Waals surface area contributed by atoms with Crippen molar-refractivity contribution in [2.75, 3.05) is 37.7 Å². The van der Waals surface area contributed by atoms with Crippen LogP contribution in [0.2, 0.25) is 0 Å². The first-order valence-corrected chi connectivity index (χ1v) is 8.74. The van der Waals surface area contributed by atoms with Crippen LogP contribution in [-0.2, 0) is 11.3 Å². The van der Waals surface area contributed by atoms with Gasteiger partial charge in [-0.25, -0.2) is 4.98 Å². The van der Waals surface area contributed by atoms with Gasteiger partial charge in [0.15, 0.2) is 0 Å². The average molecular weight is 324 g/mol. The smallest absolute Gasteiger partial charge is 0.128 e. The summed E-state index contributed by atoms with van der Waals surface area (Å²) in [6, 6.07) is 10.3. The molecule has 0 unspecified atom stereocenters. The molecule has 24 heavy (non-hydrogen) atoms. The Hall–Kier alpha value is -1.98. The van der Waals surface area contributed by atoms with Gasteiger partial charge < -0.3 is 9.64 Å². The second-order valence-electron chi connectivity index (χ2n) is 6.81. The Morgan fingerprint density at radius 3 is 2.79 bits per heavy atom. The lowest BCUT2D eigenvalue weighted by atomic mass is 9.90. The lowest BCUT2D eigenvalue weighted by Crippen LogP contribution is -2.59. The van der Waals surface area contributed by atoms with E-state index >= 15 is 0 Å². The second-order valence-corrected chi connectivity index (χ2v) is 6.81. The number of rotatable bonds is 3. The summed E-state index contributed by atoms with van der Waals surface area (Å²) in [5.74, 6) is 1.06. The summed E-state index contributed by atoms with van der Waals surface area (Å²) in [6.07, 6.45) is 7.89.